The molecule has 30 heavy (non-hydrogen) atoms. The third-order valence-electron chi connectivity index (χ3n) is 4.60. The molecule has 2 aliphatic heterocycles. The molecule has 0 spiro atoms. The molecule has 0 fully saturated rings. The highest BCUT2D eigenvalue weighted by molar-refractivity contribution is 9.10. The Hall–Kier alpha value is -2.78. The lowest BCUT2D eigenvalue weighted by Gasteiger charge is -2.34. The molecule has 0 saturated carbocycles. The lowest BCUT2D eigenvalue weighted by molar-refractivity contribution is -0.116. The van der Waals surface area contributed by atoms with Crippen molar-refractivity contribution in [1.29, 1.82) is 0 Å². The zero-order valence-electron chi connectivity index (χ0n) is 16.4. The maximum Gasteiger partial charge on any atom is 0.276 e. The lowest BCUT2D eigenvalue weighted by Crippen LogP contribution is -2.50. The number of hydrogen-bond acceptors (Lipinski definition) is 7. The van der Waals surface area contributed by atoms with E-state index in [9.17, 15) is 4.79 Å². The molecule has 9 heteroatoms. The number of fused-ring (bicyclic) bond motifs is 2. The molecule has 1 unspecified atom stereocenters. The monoisotopic (exact) mass is 486 g/mol. The van der Waals surface area contributed by atoms with Crippen LogP contribution in [0.4, 0.5) is 0 Å². The van der Waals surface area contributed by atoms with Crippen LogP contribution < -0.4 is 25.4 Å². The Kier molecular flexibility index (Phi) is 5.83. The second kappa shape index (κ2) is 8.53. The van der Waals surface area contributed by atoms with Gasteiger partial charge in [-0.15, -0.1) is 11.7 Å². The number of carbonyl (C=O) groups excluding carboxylic acids is 1. The number of ether oxygens (including phenoxy) is 2. The van der Waals surface area contributed by atoms with E-state index >= 15 is 0 Å². The number of carbonyl (C=O) groups is 1. The quantitative estimate of drug-likeness (QED) is 0.657. The number of amidine groups is 1. The van der Waals surface area contributed by atoms with E-state index in [2.05, 4.69) is 27.8 Å². The predicted octanol–water partition coefficient (Wildman–Crippen LogP) is 2.53. The van der Waals surface area contributed by atoms with Crippen molar-refractivity contribution in [2.45, 2.75) is 6.17 Å². The predicted molar refractivity (Wildman–Crippen MR) is 121 cm³/mol. The molecule has 1 atom stereocenters. The first-order valence-electron chi connectivity index (χ1n) is 9.09. The van der Waals surface area contributed by atoms with Gasteiger partial charge in [-0.25, -0.2) is 5.01 Å². The fourth-order valence-electron chi connectivity index (χ4n) is 3.38. The molecule has 1 amide bonds. The van der Waals surface area contributed by atoms with Crippen LogP contribution >= 0.6 is 27.7 Å². The summed E-state index contributed by atoms with van der Waals surface area (Å²) in [7, 11) is 3.16. The molecule has 0 radical (unpaired) electrons. The Morgan fingerprint density at radius 1 is 1.30 bits per heavy atom. The van der Waals surface area contributed by atoms with Crippen LogP contribution in [0.3, 0.4) is 0 Å². The number of nitrogens with one attached hydrogen (secondary N) is 1. The number of methoxy groups -OCH3 is 2. The van der Waals surface area contributed by atoms with Crippen molar-refractivity contribution in [3.63, 3.8) is 0 Å². The topological polar surface area (TPSA) is 75.5 Å². The third-order valence-corrected chi connectivity index (χ3v) is 5.92. The number of amides is 1. The van der Waals surface area contributed by atoms with Crippen LogP contribution in [0.1, 0.15) is 11.7 Å². The summed E-state index contributed by atoms with van der Waals surface area (Å²) in [6.07, 6.45) is 1.15. The van der Waals surface area contributed by atoms with Crippen LogP contribution in [0.25, 0.3) is 5.70 Å². The van der Waals surface area contributed by atoms with E-state index in [4.69, 9.17) is 19.6 Å². The largest absolute Gasteiger partial charge is 0.493 e. The number of hydrazone groups is 1. The Morgan fingerprint density at radius 2 is 2.10 bits per heavy atom. The summed E-state index contributed by atoms with van der Waals surface area (Å²) >= 11 is 4.92. The van der Waals surface area contributed by atoms with Gasteiger partial charge in [-0.1, -0.05) is 52.0 Å². The molecule has 2 aromatic rings. The summed E-state index contributed by atoms with van der Waals surface area (Å²) in [6.45, 7) is 3.73. The minimum absolute atomic E-state index is 0.232. The van der Waals surface area contributed by atoms with Crippen molar-refractivity contribution in [3.8, 4) is 11.5 Å². The van der Waals surface area contributed by atoms with Crippen LogP contribution in [0.5, 0.6) is 11.5 Å². The summed E-state index contributed by atoms with van der Waals surface area (Å²) < 4.78 is 12.0. The van der Waals surface area contributed by atoms with Crippen molar-refractivity contribution < 1.29 is 14.3 Å². The van der Waals surface area contributed by atoms with E-state index in [-0.39, 0.29) is 5.91 Å². The molecule has 2 aromatic carbocycles. The van der Waals surface area contributed by atoms with Gasteiger partial charge in [-0.2, -0.15) is 0 Å². The molecule has 0 aliphatic carbocycles. The smallest absolute Gasteiger partial charge is 0.276 e. The Balaban J connectivity index is 1.97. The minimum atomic E-state index is -0.610. The third kappa shape index (κ3) is 3.59. The van der Waals surface area contributed by atoms with Crippen LogP contribution in [0, 0.1) is 0 Å². The first-order chi connectivity index (χ1) is 14.6. The molecule has 2 aliphatic rings. The van der Waals surface area contributed by atoms with Gasteiger partial charge in [0.2, 0.25) is 0 Å². The maximum absolute atomic E-state index is 13.1. The molecule has 4 rings (SSSR count). The molecular formula is C21H19BrN4O3S. The van der Waals surface area contributed by atoms with Gasteiger partial charge in [0.05, 0.1) is 19.6 Å². The molecule has 7 nitrogen and oxygen atoms in total. The van der Waals surface area contributed by atoms with Gasteiger partial charge in [0, 0.05) is 21.0 Å². The van der Waals surface area contributed by atoms with Crippen molar-refractivity contribution in [2.24, 2.45) is 10.1 Å². The first-order valence-corrected chi connectivity index (χ1v) is 10.9. The number of hydrogen-bond donors (Lipinski definition) is 1. The average molecular weight is 487 g/mol. The van der Waals surface area contributed by atoms with E-state index < -0.39 is 6.17 Å². The number of halogens is 1. The van der Waals surface area contributed by atoms with Crippen molar-refractivity contribution in [2.75, 3.05) is 20.0 Å². The SMILES string of the molecule is C=CCSC1=NN2C(=c3ccccc3=NC2c2cc(Br)cc(OC)c2OC)C(=O)N1. The summed E-state index contributed by atoms with van der Waals surface area (Å²) in [4.78, 5) is 18.0. The number of benzene rings is 2. The Bertz CT molecular complexity index is 1180. The van der Waals surface area contributed by atoms with Gasteiger partial charge < -0.3 is 9.47 Å². The summed E-state index contributed by atoms with van der Waals surface area (Å²) in [6, 6.07) is 11.2. The van der Waals surface area contributed by atoms with Crippen molar-refractivity contribution in [3.05, 3.63) is 69.7 Å². The second-order valence-corrected chi connectivity index (χ2v) is 8.33. The van der Waals surface area contributed by atoms with E-state index in [1.54, 1.807) is 25.3 Å². The Labute approximate surface area is 186 Å². The van der Waals surface area contributed by atoms with Crippen LogP contribution in [0.2, 0.25) is 0 Å². The molecular weight excluding hydrogens is 468 g/mol. The fraction of sp³-hybridized carbons (Fsp3) is 0.190. The second-order valence-electron chi connectivity index (χ2n) is 6.40. The lowest BCUT2D eigenvalue weighted by atomic mass is 10.1. The van der Waals surface area contributed by atoms with Gasteiger partial charge in [-0.05, 0) is 18.2 Å². The number of thioether (sulfide) groups is 1. The highest BCUT2D eigenvalue weighted by atomic mass is 79.9. The van der Waals surface area contributed by atoms with Crippen LogP contribution in [-0.4, -0.2) is 36.1 Å². The zero-order chi connectivity index (χ0) is 21.3. The van der Waals surface area contributed by atoms with Gasteiger partial charge in [0.15, 0.2) is 22.8 Å². The van der Waals surface area contributed by atoms with E-state index in [1.165, 1.54) is 11.8 Å². The van der Waals surface area contributed by atoms with E-state index in [0.717, 1.165) is 15.3 Å². The van der Waals surface area contributed by atoms with Gasteiger partial charge in [0.25, 0.3) is 5.91 Å². The summed E-state index contributed by atoms with van der Waals surface area (Å²) in [5, 5.41) is 11.1. The van der Waals surface area contributed by atoms with Gasteiger partial charge >= 0.3 is 0 Å². The van der Waals surface area contributed by atoms with Gasteiger partial charge in [-0.3, -0.25) is 15.1 Å². The van der Waals surface area contributed by atoms with Crippen LogP contribution in [-0.2, 0) is 4.79 Å². The zero-order valence-corrected chi connectivity index (χ0v) is 18.8. The molecule has 0 saturated heterocycles. The number of para-hydroxylation sites is 1. The minimum Gasteiger partial charge on any atom is -0.493 e. The standard InChI is InChI=1S/C21H19BrN4O3S/c1-4-9-30-21-24-20(27)17-13-7-5-6-8-15(13)23-19(26(17)25-21)14-10-12(22)11-16(28-2)18(14)29-3/h4-8,10-11,19H,1,9H2,2-3H3,(H,24,25,27). The molecule has 0 aromatic heterocycles. The van der Waals surface area contributed by atoms with E-state index in [1.807, 2.05) is 36.4 Å². The Morgan fingerprint density at radius 3 is 2.83 bits per heavy atom. The van der Waals surface area contributed by atoms with Crippen molar-refractivity contribution in [1.82, 2.24) is 10.3 Å². The maximum atomic E-state index is 13.1. The molecule has 154 valence electrons. The molecule has 2 heterocycles. The number of nitrogens with zero attached hydrogens (tertiary/aromatic N) is 3. The summed E-state index contributed by atoms with van der Waals surface area (Å²) in [5.41, 5.74) is 1.16. The number of rotatable bonds is 5. The normalized spacial score (nSPS) is 17.2. The van der Waals surface area contributed by atoms with Gasteiger partial charge in [0.1, 0.15) is 5.70 Å². The molecule has 1 N–H and O–H groups in total. The first kappa shape index (κ1) is 20.5. The molecule has 0 bridgehead atoms. The van der Waals surface area contributed by atoms with Crippen molar-refractivity contribution >= 4 is 44.5 Å². The average Bonchev–Trinajstić information content (AvgIpc) is 2.76. The highest BCUT2D eigenvalue weighted by Gasteiger charge is 2.36. The summed E-state index contributed by atoms with van der Waals surface area (Å²) in [5.74, 6) is 1.48. The fourth-order valence-corrected chi connectivity index (χ4v) is 4.42. The van der Waals surface area contributed by atoms with Crippen LogP contribution in [0.15, 0.2) is 63.6 Å². The highest BCUT2D eigenvalue weighted by Crippen LogP contribution is 2.42. The van der Waals surface area contributed by atoms with E-state index in [0.29, 0.717) is 33.5 Å².